The van der Waals surface area contributed by atoms with Gasteiger partial charge in [-0.3, -0.25) is 9.97 Å². The highest BCUT2D eigenvalue weighted by molar-refractivity contribution is 5.60. The maximum atomic E-state index is 6.30. The minimum atomic E-state index is -0.332. The summed E-state index contributed by atoms with van der Waals surface area (Å²) in [6, 6.07) is 6.04. The number of aryl methyl sites for hydroxylation is 2. The van der Waals surface area contributed by atoms with E-state index < -0.39 is 0 Å². The van der Waals surface area contributed by atoms with Gasteiger partial charge in [0.2, 0.25) is 0 Å². The molecular weight excluding hydrogens is 286 g/mol. The topological polar surface area (TPSA) is 61.0 Å². The van der Waals surface area contributed by atoms with Gasteiger partial charge in [0, 0.05) is 23.0 Å². The van der Waals surface area contributed by atoms with E-state index >= 15 is 0 Å². The van der Waals surface area contributed by atoms with Crippen molar-refractivity contribution in [2.75, 3.05) is 6.61 Å². The molecule has 0 saturated heterocycles. The molecule has 0 aromatic carbocycles. The van der Waals surface area contributed by atoms with Crippen LogP contribution in [0.1, 0.15) is 38.4 Å². The Labute approximate surface area is 139 Å². The van der Waals surface area contributed by atoms with Crippen molar-refractivity contribution >= 4 is 0 Å². The Kier molecular flexibility index (Phi) is 5.37. The first-order chi connectivity index (χ1) is 10.8. The number of rotatable bonds is 6. The third kappa shape index (κ3) is 5.03. The van der Waals surface area contributed by atoms with E-state index in [1.165, 1.54) is 0 Å². The summed E-state index contributed by atoms with van der Waals surface area (Å²) in [4.78, 5) is 8.74. The van der Waals surface area contributed by atoms with Gasteiger partial charge in [-0.1, -0.05) is 13.8 Å². The summed E-state index contributed by atoms with van der Waals surface area (Å²) >= 11 is 0. The lowest BCUT2D eigenvalue weighted by Gasteiger charge is -2.27. The molecule has 4 nitrogen and oxygen atoms in total. The SMILES string of the molecule is Cc1cc(-c2cc(C)c(OCC(C)(N)CC(C)C)cn2)ccn1. The second-order valence-corrected chi connectivity index (χ2v) is 7.06. The first-order valence-electron chi connectivity index (χ1n) is 8.08. The molecule has 0 radical (unpaired) electrons. The molecule has 1 unspecified atom stereocenters. The van der Waals surface area contributed by atoms with E-state index in [4.69, 9.17) is 10.5 Å². The van der Waals surface area contributed by atoms with E-state index in [1.54, 1.807) is 12.4 Å². The molecule has 2 heterocycles. The van der Waals surface area contributed by atoms with Gasteiger partial charge in [-0.2, -0.15) is 0 Å². The van der Waals surface area contributed by atoms with Crippen LogP contribution in [-0.2, 0) is 0 Å². The lowest BCUT2D eigenvalue weighted by atomic mass is 9.93. The Morgan fingerprint density at radius 3 is 2.57 bits per heavy atom. The van der Waals surface area contributed by atoms with Crippen LogP contribution in [0.15, 0.2) is 30.6 Å². The zero-order valence-electron chi connectivity index (χ0n) is 14.8. The van der Waals surface area contributed by atoms with Gasteiger partial charge in [0.1, 0.15) is 12.4 Å². The van der Waals surface area contributed by atoms with Gasteiger partial charge in [-0.15, -0.1) is 0 Å². The molecule has 0 spiro atoms. The number of pyridine rings is 2. The van der Waals surface area contributed by atoms with Crippen LogP contribution in [0.25, 0.3) is 11.3 Å². The Hall–Kier alpha value is -1.94. The normalized spacial score (nSPS) is 13.9. The molecule has 0 amide bonds. The molecule has 0 fully saturated rings. The number of ether oxygens (including phenoxy) is 1. The number of hydrogen-bond acceptors (Lipinski definition) is 4. The zero-order valence-corrected chi connectivity index (χ0v) is 14.8. The quantitative estimate of drug-likeness (QED) is 0.878. The standard InChI is InChI=1S/C19H27N3O/c1-13(2)10-19(5,20)12-23-18-11-22-17(8-14(18)3)16-6-7-21-15(4)9-16/h6-9,11,13H,10,12,20H2,1-5H3. The fourth-order valence-electron chi connectivity index (χ4n) is 2.79. The average molecular weight is 313 g/mol. The lowest BCUT2D eigenvalue weighted by molar-refractivity contribution is 0.205. The van der Waals surface area contributed by atoms with Crippen molar-refractivity contribution in [3.05, 3.63) is 41.9 Å². The van der Waals surface area contributed by atoms with E-state index in [-0.39, 0.29) is 5.54 Å². The molecule has 1 atom stereocenters. The van der Waals surface area contributed by atoms with Crippen LogP contribution >= 0.6 is 0 Å². The molecule has 124 valence electrons. The molecule has 23 heavy (non-hydrogen) atoms. The van der Waals surface area contributed by atoms with E-state index in [2.05, 4.69) is 23.8 Å². The van der Waals surface area contributed by atoms with Gasteiger partial charge < -0.3 is 10.5 Å². The van der Waals surface area contributed by atoms with Crippen LogP contribution in [0.3, 0.4) is 0 Å². The predicted molar refractivity (Wildman–Crippen MR) is 94.5 cm³/mol. The number of nitrogens with zero attached hydrogens (tertiary/aromatic N) is 2. The molecular formula is C19H27N3O. The second-order valence-electron chi connectivity index (χ2n) is 7.06. The van der Waals surface area contributed by atoms with Crippen molar-refractivity contribution < 1.29 is 4.74 Å². The Balaban J connectivity index is 2.11. The van der Waals surface area contributed by atoms with Crippen LogP contribution in [0.4, 0.5) is 0 Å². The summed E-state index contributed by atoms with van der Waals surface area (Å²) in [6.45, 7) is 10.9. The summed E-state index contributed by atoms with van der Waals surface area (Å²) in [5, 5.41) is 0. The van der Waals surface area contributed by atoms with E-state index in [1.807, 2.05) is 39.0 Å². The second kappa shape index (κ2) is 7.09. The Bertz CT molecular complexity index is 665. The van der Waals surface area contributed by atoms with Crippen molar-refractivity contribution in [1.29, 1.82) is 0 Å². The van der Waals surface area contributed by atoms with Crippen LogP contribution in [0, 0.1) is 19.8 Å². The summed E-state index contributed by atoms with van der Waals surface area (Å²) < 4.78 is 5.92. The lowest BCUT2D eigenvalue weighted by Crippen LogP contribution is -2.43. The molecule has 2 aromatic heterocycles. The minimum Gasteiger partial charge on any atom is -0.490 e. The van der Waals surface area contributed by atoms with Crippen molar-refractivity contribution in [1.82, 2.24) is 9.97 Å². The number of aromatic nitrogens is 2. The monoisotopic (exact) mass is 313 g/mol. The molecule has 0 bridgehead atoms. The third-order valence-corrected chi connectivity index (χ3v) is 3.69. The maximum Gasteiger partial charge on any atom is 0.140 e. The third-order valence-electron chi connectivity index (χ3n) is 3.69. The molecule has 0 aliphatic heterocycles. The van der Waals surface area contributed by atoms with Crippen molar-refractivity contribution in [2.45, 2.75) is 46.6 Å². The minimum absolute atomic E-state index is 0.332. The molecule has 2 N–H and O–H groups in total. The predicted octanol–water partition coefficient (Wildman–Crippen LogP) is 3.90. The van der Waals surface area contributed by atoms with Crippen LogP contribution < -0.4 is 10.5 Å². The maximum absolute atomic E-state index is 6.30. The molecule has 0 aliphatic rings. The Morgan fingerprint density at radius 2 is 1.96 bits per heavy atom. The van der Waals surface area contributed by atoms with Crippen molar-refractivity contribution in [2.24, 2.45) is 11.7 Å². The molecule has 4 heteroatoms. The van der Waals surface area contributed by atoms with Gasteiger partial charge in [-0.25, -0.2) is 0 Å². The summed E-state index contributed by atoms with van der Waals surface area (Å²) in [5.41, 5.74) is 10.0. The van der Waals surface area contributed by atoms with Crippen molar-refractivity contribution in [3.8, 4) is 17.0 Å². The highest BCUT2D eigenvalue weighted by Gasteiger charge is 2.21. The van der Waals surface area contributed by atoms with E-state index in [0.29, 0.717) is 12.5 Å². The van der Waals surface area contributed by atoms with Crippen LogP contribution in [-0.4, -0.2) is 22.1 Å². The van der Waals surface area contributed by atoms with Crippen molar-refractivity contribution in [3.63, 3.8) is 0 Å². The van der Waals surface area contributed by atoms with Gasteiger partial charge in [0.25, 0.3) is 0 Å². The van der Waals surface area contributed by atoms with E-state index in [9.17, 15) is 0 Å². The first kappa shape index (κ1) is 17.4. The summed E-state index contributed by atoms with van der Waals surface area (Å²) in [7, 11) is 0. The summed E-state index contributed by atoms with van der Waals surface area (Å²) in [5.74, 6) is 1.34. The average Bonchev–Trinajstić information content (AvgIpc) is 2.44. The molecule has 2 aromatic rings. The molecule has 0 aliphatic carbocycles. The Morgan fingerprint density at radius 1 is 1.22 bits per heavy atom. The highest BCUT2D eigenvalue weighted by atomic mass is 16.5. The first-order valence-corrected chi connectivity index (χ1v) is 8.08. The molecule has 0 saturated carbocycles. The fraction of sp³-hybridized carbons (Fsp3) is 0.474. The van der Waals surface area contributed by atoms with Gasteiger partial charge in [-0.05, 0) is 56.9 Å². The summed E-state index contributed by atoms with van der Waals surface area (Å²) in [6.07, 6.45) is 4.51. The van der Waals surface area contributed by atoms with Crippen LogP contribution in [0.5, 0.6) is 5.75 Å². The van der Waals surface area contributed by atoms with Gasteiger partial charge >= 0.3 is 0 Å². The van der Waals surface area contributed by atoms with Gasteiger partial charge in [0.05, 0.1) is 11.9 Å². The van der Waals surface area contributed by atoms with Gasteiger partial charge in [0.15, 0.2) is 0 Å². The van der Waals surface area contributed by atoms with Crippen LogP contribution in [0.2, 0.25) is 0 Å². The number of hydrogen-bond donors (Lipinski definition) is 1. The smallest absolute Gasteiger partial charge is 0.140 e. The zero-order chi connectivity index (χ0) is 17.0. The fourth-order valence-corrected chi connectivity index (χ4v) is 2.79. The largest absolute Gasteiger partial charge is 0.490 e. The van der Waals surface area contributed by atoms with E-state index in [0.717, 1.165) is 34.7 Å². The number of nitrogens with two attached hydrogens (primary N) is 1. The highest BCUT2D eigenvalue weighted by Crippen LogP contribution is 2.25. The molecule has 2 rings (SSSR count).